The highest BCUT2D eigenvalue weighted by atomic mass is 16.2. The Morgan fingerprint density at radius 1 is 1.28 bits per heavy atom. The normalized spacial score (nSPS) is 34.6. The van der Waals surface area contributed by atoms with Gasteiger partial charge in [-0.05, 0) is 39.7 Å². The molecule has 2 saturated heterocycles. The third kappa shape index (κ3) is 3.04. The molecule has 0 aromatic rings. The van der Waals surface area contributed by atoms with Crippen molar-refractivity contribution in [1.29, 1.82) is 0 Å². The van der Waals surface area contributed by atoms with Crippen LogP contribution in [0.15, 0.2) is 0 Å². The van der Waals surface area contributed by atoms with Crippen LogP contribution >= 0.6 is 0 Å². The number of hydrogen-bond acceptors (Lipinski definition) is 3. The minimum atomic E-state index is 0.0640. The molecule has 0 aromatic heterocycles. The molecule has 18 heavy (non-hydrogen) atoms. The number of amides is 1. The quantitative estimate of drug-likeness (QED) is 0.799. The number of hydrogen-bond donors (Lipinski definition) is 1. The van der Waals surface area contributed by atoms with Crippen molar-refractivity contribution in [3.05, 3.63) is 0 Å². The van der Waals surface area contributed by atoms with Crippen LogP contribution in [-0.4, -0.2) is 60.0 Å². The summed E-state index contributed by atoms with van der Waals surface area (Å²) in [7, 11) is 0. The Hall–Kier alpha value is -0.610. The van der Waals surface area contributed by atoms with E-state index in [4.69, 9.17) is 0 Å². The summed E-state index contributed by atoms with van der Waals surface area (Å²) in [5.41, 5.74) is 0. The summed E-state index contributed by atoms with van der Waals surface area (Å²) in [6, 6.07) is 1.05. The lowest BCUT2D eigenvalue weighted by atomic mass is 9.98. The van der Waals surface area contributed by atoms with Crippen LogP contribution in [0, 0.1) is 0 Å². The van der Waals surface area contributed by atoms with Crippen molar-refractivity contribution >= 4 is 5.91 Å². The van der Waals surface area contributed by atoms with Crippen molar-refractivity contribution < 1.29 is 4.79 Å². The van der Waals surface area contributed by atoms with Crippen LogP contribution in [0.3, 0.4) is 0 Å². The third-order valence-electron chi connectivity index (χ3n) is 4.40. The van der Waals surface area contributed by atoms with Crippen molar-refractivity contribution in [1.82, 2.24) is 15.1 Å². The number of nitrogens with one attached hydrogen (secondary N) is 1. The number of carbonyl (C=O) groups is 1. The van der Waals surface area contributed by atoms with Gasteiger partial charge in [-0.2, -0.15) is 0 Å². The summed E-state index contributed by atoms with van der Waals surface area (Å²) in [4.78, 5) is 17.0. The molecule has 2 aliphatic rings. The number of piperazine rings is 1. The Morgan fingerprint density at radius 2 is 2.06 bits per heavy atom. The maximum absolute atomic E-state index is 12.5. The first-order valence-electron chi connectivity index (χ1n) is 7.40. The molecule has 2 aliphatic heterocycles. The van der Waals surface area contributed by atoms with E-state index in [0.717, 1.165) is 32.6 Å². The first kappa shape index (κ1) is 13.8. The standard InChI is InChI=1S/C14H27N3O/c1-4-16-8-9-17(10-12(16)3)14(18)13-7-5-6-11(2)15-13/h11-13,15H,4-10H2,1-3H3. The molecule has 0 aromatic carbocycles. The summed E-state index contributed by atoms with van der Waals surface area (Å²) in [6.07, 6.45) is 3.38. The van der Waals surface area contributed by atoms with Gasteiger partial charge >= 0.3 is 0 Å². The minimum absolute atomic E-state index is 0.0640. The molecule has 3 unspecified atom stereocenters. The van der Waals surface area contributed by atoms with E-state index in [1.807, 2.05) is 0 Å². The molecule has 2 heterocycles. The summed E-state index contributed by atoms with van der Waals surface area (Å²) >= 11 is 0. The average Bonchev–Trinajstić information content (AvgIpc) is 2.37. The van der Waals surface area contributed by atoms with Gasteiger partial charge in [-0.3, -0.25) is 9.69 Å². The summed E-state index contributed by atoms with van der Waals surface area (Å²) in [5.74, 6) is 0.323. The van der Waals surface area contributed by atoms with E-state index in [-0.39, 0.29) is 6.04 Å². The van der Waals surface area contributed by atoms with Gasteiger partial charge in [0.15, 0.2) is 0 Å². The molecule has 0 saturated carbocycles. The first-order valence-corrected chi connectivity index (χ1v) is 7.40. The molecule has 0 bridgehead atoms. The van der Waals surface area contributed by atoms with Crippen LogP contribution in [0.2, 0.25) is 0 Å². The first-order chi connectivity index (χ1) is 8.61. The zero-order valence-electron chi connectivity index (χ0n) is 12.0. The maximum atomic E-state index is 12.5. The molecular weight excluding hydrogens is 226 g/mol. The lowest BCUT2D eigenvalue weighted by molar-refractivity contribution is -0.137. The minimum Gasteiger partial charge on any atom is -0.339 e. The monoisotopic (exact) mass is 253 g/mol. The lowest BCUT2D eigenvalue weighted by Crippen LogP contribution is -2.58. The van der Waals surface area contributed by atoms with Crippen LogP contribution in [0.4, 0.5) is 0 Å². The van der Waals surface area contributed by atoms with Gasteiger partial charge in [-0.15, -0.1) is 0 Å². The van der Waals surface area contributed by atoms with Gasteiger partial charge in [0.05, 0.1) is 6.04 Å². The van der Waals surface area contributed by atoms with E-state index in [1.165, 1.54) is 12.8 Å². The highest BCUT2D eigenvalue weighted by Crippen LogP contribution is 2.16. The van der Waals surface area contributed by atoms with Crippen molar-refractivity contribution in [2.24, 2.45) is 0 Å². The fraction of sp³-hybridized carbons (Fsp3) is 0.929. The SMILES string of the molecule is CCN1CCN(C(=O)C2CCCC(C)N2)CC1C. The zero-order chi connectivity index (χ0) is 13.1. The molecule has 4 nitrogen and oxygen atoms in total. The van der Waals surface area contributed by atoms with E-state index in [1.54, 1.807) is 0 Å². The van der Waals surface area contributed by atoms with Crippen LogP contribution in [-0.2, 0) is 4.79 Å². The van der Waals surface area contributed by atoms with Crippen molar-refractivity contribution in [3.63, 3.8) is 0 Å². The summed E-state index contributed by atoms with van der Waals surface area (Å²) in [5, 5.41) is 3.45. The van der Waals surface area contributed by atoms with Gasteiger partial charge in [-0.1, -0.05) is 6.92 Å². The Morgan fingerprint density at radius 3 is 2.67 bits per heavy atom. The summed E-state index contributed by atoms with van der Waals surface area (Å²) < 4.78 is 0. The number of nitrogens with zero attached hydrogens (tertiary/aromatic N) is 2. The van der Waals surface area contributed by atoms with Crippen LogP contribution in [0.25, 0.3) is 0 Å². The molecular formula is C14H27N3O. The van der Waals surface area contributed by atoms with Crippen LogP contribution in [0.1, 0.15) is 40.0 Å². The molecule has 4 heteroatoms. The zero-order valence-corrected chi connectivity index (χ0v) is 12.0. The molecule has 1 amide bonds. The number of piperidine rings is 1. The van der Waals surface area contributed by atoms with Gasteiger partial charge < -0.3 is 10.2 Å². The third-order valence-corrected chi connectivity index (χ3v) is 4.40. The molecule has 0 aliphatic carbocycles. The molecule has 0 radical (unpaired) electrons. The van der Waals surface area contributed by atoms with Crippen LogP contribution in [0.5, 0.6) is 0 Å². The maximum Gasteiger partial charge on any atom is 0.239 e. The van der Waals surface area contributed by atoms with Gasteiger partial charge in [-0.25, -0.2) is 0 Å². The van der Waals surface area contributed by atoms with Crippen molar-refractivity contribution in [2.75, 3.05) is 26.2 Å². The second kappa shape index (κ2) is 6.02. The lowest BCUT2D eigenvalue weighted by Gasteiger charge is -2.41. The summed E-state index contributed by atoms with van der Waals surface area (Å²) in [6.45, 7) is 10.5. The number of likely N-dealkylation sites (N-methyl/N-ethyl adjacent to an activating group) is 1. The highest BCUT2D eigenvalue weighted by molar-refractivity contribution is 5.82. The second-order valence-corrected chi connectivity index (χ2v) is 5.81. The Balaban J connectivity index is 1.89. The fourth-order valence-electron chi connectivity index (χ4n) is 3.22. The smallest absolute Gasteiger partial charge is 0.239 e. The Bertz CT molecular complexity index is 295. The Labute approximate surface area is 111 Å². The van der Waals surface area contributed by atoms with E-state index >= 15 is 0 Å². The van der Waals surface area contributed by atoms with Crippen molar-refractivity contribution in [2.45, 2.75) is 58.2 Å². The van der Waals surface area contributed by atoms with E-state index in [9.17, 15) is 4.79 Å². The van der Waals surface area contributed by atoms with Gasteiger partial charge in [0.1, 0.15) is 0 Å². The second-order valence-electron chi connectivity index (χ2n) is 5.81. The molecule has 2 rings (SSSR count). The fourth-order valence-corrected chi connectivity index (χ4v) is 3.22. The van der Waals surface area contributed by atoms with Gasteiger partial charge in [0, 0.05) is 31.7 Å². The van der Waals surface area contributed by atoms with Gasteiger partial charge in [0.25, 0.3) is 0 Å². The van der Waals surface area contributed by atoms with E-state index in [0.29, 0.717) is 18.0 Å². The Kier molecular flexibility index (Phi) is 4.62. The average molecular weight is 253 g/mol. The topological polar surface area (TPSA) is 35.6 Å². The molecule has 2 fully saturated rings. The highest BCUT2D eigenvalue weighted by Gasteiger charge is 2.31. The van der Waals surface area contributed by atoms with E-state index in [2.05, 4.69) is 35.9 Å². The predicted octanol–water partition coefficient (Wildman–Crippen LogP) is 1.07. The van der Waals surface area contributed by atoms with Crippen molar-refractivity contribution in [3.8, 4) is 0 Å². The molecule has 1 N–H and O–H groups in total. The largest absolute Gasteiger partial charge is 0.339 e. The number of rotatable bonds is 2. The molecule has 0 spiro atoms. The number of carbonyl (C=O) groups excluding carboxylic acids is 1. The van der Waals surface area contributed by atoms with Gasteiger partial charge in [0.2, 0.25) is 5.91 Å². The van der Waals surface area contributed by atoms with Crippen LogP contribution < -0.4 is 5.32 Å². The predicted molar refractivity (Wildman–Crippen MR) is 73.5 cm³/mol. The molecule has 104 valence electrons. The molecule has 3 atom stereocenters. The van der Waals surface area contributed by atoms with E-state index < -0.39 is 0 Å².